The second-order valence-electron chi connectivity index (χ2n) is 7.36. The molecule has 4 aromatic rings. The number of anilines is 4. The molecule has 0 saturated carbocycles. The molecule has 1 aromatic heterocycles. The van der Waals surface area contributed by atoms with Gasteiger partial charge in [0.25, 0.3) is 0 Å². The zero-order chi connectivity index (χ0) is 23.9. The summed E-state index contributed by atoms with van der Waals surface area (Å²) >= 11 is 12.2. The number of nitrogens with zero attached hydrogens (tertiary/aromatic N) is 2. The first-order chi connectivity index (χ1) is 16.5. The Balaban J connectivity index is 1.35. The zero-order valence-electron chi connectivity index (χ0n) is 17.9. The van der Waals surface area contributed by atoms with Gasteiger partial charge < -0.3 is 21.3 Å². The van der Waals surface area contributed by atoms with Crippen molar-refractivity contribution in [3.8, 4) is 0 Å². The van der Waals surface area contributed by atoms with Gasteiger partial charge in [-0.25, -0.2) is 14.2 Å². The fourth-order valence-corrected chi connectivity index (χ4v) is 3.75. The lowest BCUT2D eigenvalue weighted by molar-refractivity contribution is 0.252. The van der Waals surface area contributed by atoms with Crippen LogP contribution in [0.1, 0.15) is 6.42 Å². The Morgan fingerprint density at radius 2 is 1.62 bits per heavy atom. The fraction of sp³-hybridized carbons (Fsp3) is 0.125. The Labute approximate surface area is 205 Å². The molecule has 174 valence electrons. The van der Waals surface area contributed by atoms with Crippen molar-refractivity contribution in [3.05, 3.63) is 82.6 Å². The van der Waals surface area contributed by atoms with Gasteiger partial charge in [-0.2, -0.15) is 4.98 Å². The van der Waals surface area contributed by atoms with Crippen molar-refractivity contribution in [2.24, 2.45) is 0 Å². The van der Waals surface area contributed by atoms with Crippen LogP contribution in [0.2, 0.25) is 10.0 Å². The number of fused-ring (bicyclic) bond motifs is 1. The molecular formula is C24H21Cl2FN6O. The molecule has 0 aliphatic heterocycles. The summed E-state index contributed by atoms with van der Waals surface area (Å²) in [6.45, 7) is 1.01. The largest absolute Gasteiger partial charge is 0.369 e. The van der Waals surface area contributed by atoms with Crippen molar-refractivity contribution in [1.29, 1.82) is 0 Å². The van der Waals surface area contributed by atoms with Gasteiger partial charge in [0.2, 0.25) is 5.95 Å². The van der Waals surface area contributed by atoms with Crippen molar-refractivity contribution in [2.45, 2.75) is 6.42 Å². The maximum atomic E-state index is 13.0. The number of hydrogen-bond donors (Lipinski definition) is 4. The number of rotatable bonds is 8. The highest BCUT2D eigenvalue weighted by Crippen LogP contribution is 2.27. The van der Waals surface area contributed by atoms with Crippen LogP contribution < -0.4 is 21.3 Å². The Hall–Kier alpha value is -3.62. The van der Waals surface area contributed by atoms with Gasteiger partial charge >= 0.3 is 6.03 Å². The zero-order valence-corrected chi connectivity index (χ0v) is 19.4. The molecule has 34 heavy (non-hydrogen) atoms. The SMILES string of the molecule is O=C(NCCCNc1nc(Nc2cc(Cl)cc(Cl)c2)nc2ccccc12)Nc1ccc(F)cc1. The molecule has 0 aliphatic carbocycles. The van der Waals surface area contributed by atoms with Crippen molar-refractivity contribution in [2.75, 3.05) is 29.0 Å². The molecule has 4 N–H and O–H groups in total. The van der Waals surface area contributed by atoms with E-state index in [2.05, 4.69) is 31.2 Å². The van der Waals surface area contributed by atoms with Gasteiger partial charge in [-0.05, 0) is 61.0 Å². The van der Waals surface area contributed by atoms with Crippen molar-refractivity contribution in [1.82, 2.24) is 15.3 Å². The molecule has 0 atom stereocenters. The Kier molecular flexibility index (Phi) is 7.61. The first-order valence-electron chi connectivity index (χ1n) is 10.5. The van der Waals surface area contributed by atoms with Crippen LogP contribution in [0.3, 0.4) is 0 Å². The Morgan fingerprint density at radius 1 is 0.882 bits per heavy atom. The molecule has 0 spiro atoms. The van der Waals surface area contributed by atoms with Crippen LogP contribution in [0.4, 0.5) is 32.3 Å². The van der Waals surface area contributed by atoms with E-state index in [0.29, 0.717) is 52.7 Å². The monoisotopic (exact) mass is 498 g/mol. The molecule has 0 bridgehead atoms. The number of aromatic nitrogens is 2. The Morgan fingerprint density at radius 3 is 2.38 bits per heavy atom. The maximum Gasteiger partial charge on any atom is 0.319 e. The summed E-state index contributed by atoms with van der Waals surface area (Å²) in [7, 11) is 0. The first-order valence-corrected chi connectivity index (χ1v) is 11.3. The van der Waals surface area contributed by atoms with Gasteiger partial charge in [0.15, 0.2) is 0 Å². The van der Waals surface area contributed by atoms with Crippen LogP contribution >= 0.6 is 23.2 Å². The molecule has 7 nitrogen and oxygen atoms in total. The van der Waals surface area contributed by atoms with Crippen molar-refractivity contribution in [3.63, 3.8) is 0 Å². The molecule has 0 aliphatic rings. The standard InChI is InChI=1S/C24H21Cl2FN6O/c25-15-12-16(26)14-19(13-15)30-23-32-21-5-2-1-4-20(21)22(33-23)28-10-3-11-29-24(34)31-18-8-6-17(27)7-9-18/h1-2,4-9,12-14H,3,10-11H2,(H2,29,31,34)(H2,28,30,32,33). The van der Waals surface area contributed by atoms with E-state index in [1.54, 1.807) is 18.2 Å². The van der Waals surface area contributed by atoms with Gasteiger partial charge in [0.1, 0.15) is 11.6 Å². The average Bonchev–Trinajstić information content (AvgIpc) is 2.79. The summed E-state index contributed by atoms with van der Waals surface area (Å²) in [4.78, 5) is 21.2. The Bertz CT molecular complexity index is 1280. The minimum Gasteiger partial charge on any atom is -0.369 e. The molecule has 0 fully saturated rings. The van der Waals surface area contributed by atoms with Gasteiger partial charge in [0.05, 0.1) is 5.52 Å². The minimum absolute atomic E-state index is 0.356. The van der Waals surface area contributed by atoms with Crippen LogP contribution in [0, 0.1) is 5.82 Å². The normalized spacial score (nSPS) is 10.7. The molecule has 0 saturated heterocycles. The van der Waals surface area contributed by atoms with Crippen molar-refractivity contribution < 1.29 is 9.18 Å². The van der Waals surface area contributed by atoms with E-state index in [1.807, 2.05) is 24.3 Å². The predicted octanol–water partition coefficient (Wildman–Crippen LogP) is 6.44. The van der Waals surface area contributed by atoms with E-state index in [1.165, 1.54) is 24.3 Å². The summed E-state index contributed by atoms with van der Waals surface area (Å²) in [5, 5.41) is 13.8. The second kappa shape index (κ2) is 11.0. The molecule has 0 radical (unpaired) electrons. The number of urea groups is 1. The van der Waals surface area contributed by atoms with E-state index in [0.717, 1.165) is 10.9 Å². The highest BCUT2D eigenvalue weighted by Gasteiger charge is 2.09. The summed E-state index contributed by atoms with van der Waals surface area (Å²) in [6.07, 6.45) is 0.655. The summed E-state index contributed by atoms with van der Waals surface area (Å²) in [6, 6.07) is 18.0. The quantitative estimate of drug-likeness (QED) is 0.210. The highest BCUT2D eigenvalue weighted by atomic mass is 35.5. The van der Waals surface area contributed by atoms with Gasteiger partial charge in [0, 0.05) is 39.9 Å². The number of amides is 2. The minimum atomic E-state index is -0.357. The number of halogens is 3. The lowest BCUT2D eigenvalue weighted by atomic mass is 10.2. The number of para-hydroxylation sites is 1. The summed E-state index contributed by atoms with van der Waals surface area (Å²) < 4.78 is 13.0. The van der Waals surface area contributed by atoms with Crippen LogP contribution in [0.25, 0.3) is 10.9 Å². The lowest BCUT2D eigenvalue weighted by Gasteiger charge is -2.13. The number of carbonyl (C=O) groups is 1. The van der Waals surface area contributed by atoms with E-state index in [4.69, 9.17) is 23.2 Å². The molecule has 3 aromatic carbocycles. The van der Waals surface area contributed by atoms with E-state index in [-0.39, 0.29) is 11.8 Å². The molecule has 10 heteroatoms. The third-order valence-corrected chi connectivity index (χ3v) is 5.19. The van der Waals surface area contributed by atoms with Gasteiger partial charge in [-0.3, -0.25) is 0 Å². The molecular weight excluding hydrogens is 478 g/mol. The molecule has 4 rings (SSSR count). The molecule has 1 heterocycles. The van der Waals surface area contributed by atoms with Crippen LogP contribution in [-0.4, -0.2) is 29.1 Å². The first kappa shape index (κ1) is 23.5. The van der Waals surface area contributed by atoms with Crippen LogP contribution in [0.5, 0.6) is 0 Å². The van der Waals surface area contributed by atoms with Crippen LogP contribution in [-0.2, 0) is 0 Å². The third kappa shape index (κ3) is 6.46. The average molecular weight is 499 g/mol. The fourth-order valence-electron chi connectivity index (χ4n) is 3.23. The molecule has 0 unspecified atom stereocenters. The number of hydrogen-bond acceptors (Lipinski definition) is 5. The smallest absolute Gasteiger partial charge is 0.319 e. The number of benzene rings is 3. The van der Waals surface area contributed by atoms with Gasteiger partial charge in [-0.15, -0.1) is 0 Å². The predicted molar refractivity (Wildman–Crippen MR) is 136 cm³/mol. The highest BCUT2D eigenvalue weighted by molar-refractivity contribution is 6.35. The maximum absolute atomic E-state index is 13.0. The number of carbonyl (C=O) groups excluding carboxylic acids is 1. The van der Waals surface area contributed by atoms with Crippen LogP contribution in [0.15, 0.2) is 66.7 Å². The van der Waals surface area contributed by atoms with Crippen molar-refractivity contribution >= 4 is 63.3 Å². The van der Waals surface area contributed by atoms with E-state index >= 15 is 0 Å². The van der Waals surface area contributed by atoms with Gasteiger partial charge in [-0.1, -0.05) is 35.3 Å². The number of nitrogens with one attached hydrogen (secondary N) is 4. The third-order valence-electron chi connectivity index (χ3n) is 4.76. The van der Waals surface area contributed by atoms with E-state index in [9.17, 15) is 9.18 Å². The second-order valence-corrected chi connectivity index (χ2v) is 8.24. The lowest BCUT2D eigenvalue weighted by Crippen LogP contribution is -2.30. The molecule has 2 amide bonds. The van der Waals surface area contributed by atoms with E-state index < -0.39 is 0 Å². The summed E-state index contributed by atoms with van der Waals surface area (Å²) in [5.41, 5.74) is 1.97. The summed E-state index contributed by atoms with van der Waals surface area (Å²) in [5.74, 6) is 0.706. The topological polar surface area (TPSA) is 91.0 Å².